The van der Waals surface area contributed by atoms with Crippen LogP contribution in [0.25, 0.3) is 22.0 Å². The summed E-state index contributed by atoms with van der Waals surface area (Å²) in [5.74, 6) is 1.01. The van der Waals surface area contributed by atoms with E-state index in [2.05, 4.69) is 20.2 Å². The Morgan fingerprint density at radius 3 is 2.67 bits per heavy atom. The number of ether oxygens (including phenoxy) is 1. The number of pyridine rings is 2. The number of rotatable bonds is 9. The highest BCUT2D eigenvalue weighted by atomic mass is 35.5. The second-order valence-corrected chi connectivity index (χ2v) is 13.9. The first kappa shape index (κ1) is 34.6. The van der Waals surface area contributed by atoms with Gasteiger partial charge in [-0.1, -0.05) is 24.3 Å². The van der Waals surface area contributed by atoms with Crippen LogP contribution < -0.4 is 9.74 Å². The summed E-state index contributed by atoms with van der Waals surface area (Å²) in [4.78, 5) is 42.1. The lowest BCUT2D eigenvalue weighted by molar-refractivity contribution is -0.146. The van der Waals surface area contributed by atoms with E-state index in [1.54, 1.807) is 12.4 Å². The molecule has 5 aromatic rings. The van der Waals surface area contributed by atoms with Crippen LogP contribution in [0.2, 0.25) is 0 Å². The molecule has 264 valence electrons. The standard InChI is InChI=1S/C39H42ClN7O4/c1-24-31(8-5-9-32(24)43-36-35-29(14-16-41-36)18-26(23-48)20-42-35)28-6-4-7-30(19-28)47(40)38(49)37-44-33-22-46(17-15-34(33)45(37)2)21-25-10-12-27(13-11-25)39(50)51-3/h4-9,14,16,18-20,25,27,48H,10-13,15,17,21-23H2,1-3H3,(H,41,43). The third kappa shape index (κ3) is 7.06. The molecular weight excluding hydrogens is 666 g/mol. The topological polar surface area (TPSA) is 126 Å². The first-order valence-electron chi connectivity index (χ1n) is 17.4. The van der Waals surface area contributed by atoms with E-state index in [0.717, 1.165) is 94.3 Å². The number of halogens is 1. The summed E-state index contributed by atoms with van der Waals surface area (Å²) < 4.78 is 7.99. The summed E-state index contributed by atoms with van der Waals surface area (Å²) in [5, 5.41) is 13.9. The van der Waals surface area contributed by atoms with Crippen molar-refractivity contribution in [2.75, 3.05) is 29.9 Å². The molecule has 1 amide bonds. The van der Waals surface area contributed by atoms with Crippen LogP contribution in [-0.4, -0.2) is 61.6 Å². The van der Waals surface area contributed by atoms with Gasteiger partial charge in [-0.05, 0) is 91.1 Å². The summed E-state index contributed by atoms with van der Waals surface area (Å²) in [7, 11) is 3.35. The average molecular weight is 708 g/mol. The molecule has 1 saturated carbocycles. The molecule has 11 nitrogen and oxygen atoms in total. The molecule has 51 heavy (non-hydrogen) atoms. The number of aliphatic hydroxyl groups is 1. The van der Waals surface area contributed by atoms with Crippen LogP contribution in [-0.2, 0) is 36.2 Å². The Morgan fingerprint density at radius 2 is 1.88 bits per heavy atom. The third-order valence-corrected chi connectivity index (χ3v) is 10.8. The van der Waals surface area contributed by atoms with E-state index in [-0.39, 0.29) is 24.4 Å². The van der Waals surface area contributed by atoms with Crippen LogP contribution >= 0.6 is 11.8 Å². The molecule has 1 aliphatic heterocycles. The molecule has 0 radical (unpaired) electrons. The molecule has 2 N–H and O–H groups in total. The van der Waals surface area contributed by atoms with Gasteiger partial charge in [0.2, 0.25) is 5.82 Å². The number of nitrogens with zero attached hydrogens (tertiary/aromatic N) is 6. The van der Waals surface area contributed by atoms with Crippen LogP contribution in [0.3, 0.4) is 0 Å². The average Bonchev–Trinajstić information content (AvgIpc) is 3.49. The van der Waals surface area contributed by atoms with Crippen molar-refractivity contribution in [2.24, 2.45) is 18.9 Å². The molecule has 2 aromatic carbocycles. The first-order valence-corrected chi connectivity index (χ1v) is 17.7. The molecule has 1 aliphatic carbocycles. The fourth-order valence-corrected chi connectivity index (χ4v) is 7.72. The lowest BCUT2D eigenvalue weighted by atomic mass is 9.81. The molecule has 3 aromatic heterocycles. The Hall–Kier alpha value is -4.84. The number of aromatic nitrogens is 4. The Morgan fingerprint density at radius 1 is 1.08 bits per heavy atom. The number of carbonyl (C=O) groups excluding carboxylic acids is 2. The number of benzene rings is 2. The summed E-state index contributed by atoms with van der Waals surface area (Å²) in [5.41, 5.74) is 7.70. The predicted molar refractivity (Wildman–Crippen MR) is 198 cm³/mol. The molecule has 2 aliphatic rings. The maximum absolute atomic E-state index is 13.8. The van der Waals surface area contributed by atoms with E-state index in [0.29, 0.717) is 35.3 Å². The van der Waals surface area contributed by atoms with Gasteiger partial charge in [0, 0.05) is 74.0 Å². The van der Waals surface area contributed by atoms with Gasteiger partial charge in [-0.3, -0.25) is 19.5 Å². The smallest absolute Gasteiger partial charge is 0.308 e. The van der Waals surface area contributed by atoms with E-state index >= 15 is 0 Å². The molecule has 0 saturated heterocycles. The Balaban J connectivity index is 1.05. The molecule has 0 unspecified atom stereocenters. The summed E-state index contributed by atoms with van der Waals surface area (Å²) >= 11 is 6.79. The monoisotopic (exact) mass is 707 g/mol. The van der Waals surface area contributed by atoms with E-state index in [9.17, 15) is 14.7 Å². The highest BCUT2D eigenvalue weighted by molar-refractivity contribution is 6.38. The van der Waals surface area contributed by atoms with Crippen molar-refractivity contribution in [1.82, 2.24) is 24.4 Å². The van der Waals surface area contributed by atoms with E-state index in [1.165, 1.54) is 7.11 Å². The van der Waals surface area contributed by atoms with Crippen LogP contribution in [0.1, 0.15) is 58.8 Å². The predicted octanol–water partition coefficient (Wildman–Crippen LogP) is 6.71. The van der Waals surface area contributed by atoms with Crippen LogP contribution in [0, 0.1) is 18.8 Å². The van der Waals surface area contributed by atoms with Crippen molar-refractivity contribution in [3.8, 4) is 11.1 Å². The zero-order chi connectivity index (χ0) is 35.6. The number of hydrogen-bond donors (Lipinski definition) is 2. The van der Waals surface area contributed by atoms with Gasteiger partial charge in [-0.25, -0.2) is 14.4 Å². The second-order valence-electron chi connectivity index (χ2n) is 13.6. The maximum atomic E-state index is 13.8. The van der Waals surface area contributed by atoms with Gasteiger partial charge in [-0.2, -0.15) is 0 Å². The third-order valence-electron chi connectivity index (χ3n) is 10.4. The fourth-order valence-electron chi connectivity index (χ4n) is 7.54. The van der Waals surface area contributed by atoms with Crippen LogP contribution in [0.15, 0.2) is 67.0 Å². The first-order chi connectivity index (χ1) is 24.7. The number of methoxy groups -OCH3 is 1. The highest BCUT2D eigenvalue weighted by Crippen LogP contribution is 2.35. The summed E-state index contributed by atoms with van der Waals surface area (Å²) in [6, 6.07) is 17.4. The van der Waals surface area contributed by atoms with Gasteiger partial charge in [0.1, 0.15) is 5.52 Å². The van der Waals surface area contributed by atoms with Crippen molar-refractivity contribution >= 4 is 51.7 Å². The van der Waals surface area contributed by atoms with Gasteiger partial charge in [-0.15, -0.1) is 0 Å². The minimum Gasteiger partial charge on any atom is -0.469 e. The SMILES string of the molecule is COC(=O)C1CCC(CN2CCc3c(nc(C(=O)N(Cl)c4cccc(-c5cccc(Nc6nccc7cc(CO)cnc67)c5C)c4)n3C)C2)CC1. The lowest BCUT2D eigenvalue weighted by Crippen LogP contribution is -2.36. The van der Waals surface area contributed by atoms with Crippen molar-refractivity contribution in [2.45, 2.75) is 52.2 Å². The zero-order valence-electron chi connectivity index (χ0n) is 29.1. The zero-order valence-corrected chi connectivity index (χ0v) is 29.9. The maximum Gasteiger partial charge on any atom is 0.308 e. The molecule has 0 atom stereocenters. The number of aliphatic hydroxyl groups excluding tert-OH is 1. The quantitative estimate of drug-likeness (QED) is 0.127. The fraction of sp³-hybridized carbons (Fsp3) is 0.359. The Kier molecular flexibility index (Phi) is 10.0. The number of imidazole rings is 1. The van der Waals surface area contributed by atoms with E-state index in [4.69, 9.17) is 21.5 Å². The Labute approximate surface area is 302 Å². The largest absolute Gasteiger partial charge is 0.469 e. The summed E-state index contributed by atoms with van der Waals surface area (Å²) in [6.07, 6.45) is 7.96. The second kappa shape index (κ2) is 14.8. The van der Waals surface area contributed by atoms with Crippen molar-refractivity contribution in [3.05, 3.63) is 95.3 Å². The molecule has 12 heteroatoms. The minimum absolute atomic E-state index is 0.0212. The minimum atomic E-state index is -0.385. The molecule has 0 bridgehead atoms. The van der Waals surface area contributed by atoms with Gasteiger partial charge >= 0.3 is 11.9 Å². The highest BCUT2D eigenvalue weighted by Gasteiger charge is 2.31. The van der Waals surface area contributed by atoms with Gasteiger partial charge in [0.25, 0.3) is 0 Å². The molecule has 7 rings (SSSR count). The van der Waals surface area contributed by atoms with E-state index in [1.807, 2.05) is 73.1 Å². The Bertz CT molecular complexity index is 2090. The van der Waals surface area contributed by atoms with E-state index < -0.39 is 0 Å². The van der Waals surface area contributed by atoms with Gasteiger partial charge < -0.3 is 19.7 Å². The summed E-state index contributed by atoms with van der Waals surface area (Å²) in [6.45, 7) is 4.49. The van der Waals surface area contributed by atoms with Gasteiger partial charge in [0.15, 0.2) is 5.82 Å². The number of amides is 1. The number of hydrogen-bond acceptors (Lipinski definition) is 9. The van der Waals surface area contributed by atoms with Crippen molar-refractivity contribution in [1.29, 1.82) is 0 Å². The number of anilines is 3. The van der Waals surface area contributed by atoms with Crippen LogP contribution in [0.4, 0.5) is 17.2 Å². The number of carbonyl (C=O) groups is 2. The van der Waals surface area contributed by atoms with Crippen molar-refractivity contribution in [3.63, 3.8) is 0 Å². The van der Waals surface area contributed by atoms with Gasteiger partial charge in [0.05, 0.1) is 31.0 Å². The van der Waals surface area contributed by atoms with Crippen molar-refractivity contribution < 1.29 is 19.4 Å². The number of fused-ring (bicyclic) bond motifs is 2. The molecule has 4 heterocycles. The normalized spacial score (nSPS) is 17.6. The lowest BCUT2D eigenvalue weighted by Gasteiger charge is -2.33. The molecule has 0 spiro atoms. The number of esters is 1. The number of nitrogens with one attached hydrogen (secondary N) is 1. The molecule has 1 fully saturated rings. The van der Waals surface area contributed by atoms with Crippen LogP contribution in [0.5, 0.6) is 0 Å². The molecular formula is C39H42ClN7O4.